The highest BCUT2D eigenvalue weighted by Gasteiger charge is 2.37. The number of carbonyl (C=O) groups is 2. The monoisotopic (exact) mass is 294 g/mol. The van der Waals surface area contributed by atoms with Crippen molar-refractivity contribution >= 4 is 11.8 Å². The van der Waals surface area contributed by atoms with Crippen LogP contribution in [0.25, 0.3) is 0 Å². The summed E-state index contributed by atoms with van der Waals surface area (Å²) in [5.41, 5.74) is 0.321. The molecule has 0 radical (unpaired) electrons. The van der Waals surface area contributed by atoms with Crippen molar-refractivity contribution in [3.05, 3.63) is 0 Å². The molecule has 2 saturated heterocycles. The molecule has 0 N–H and O–H groups in total. The van der Waals surface area contributed by atoms with Crippen molar-refractivity contribution in [1.29, 1.82) is 0 Å². The number of amides is 2. The lowest BCUT2D eigenvalue weighted by molar-refractivity contribution is -0.135. The maximum Gasteiger partial charge on any atom is 0.227 e. The van der Waals surface area contributed by atoms with Crippen LogP contribution >= 0.6 is 0 Å². The van der Waals surface area contributed by atoms with Crippen LogP contribution in [0.4, 0.5) is 0 Å². The maximum absolute atomic E-state index is 12.7. The van der Waals surface area contributed by atoms with Crippen LogP contribution in [-0.4, -0.2) is 47.8 Å². The second-order valence-electron chi connectivity index (χ2n) is 7.65. The second-order valence-corrected chi connectivity index (χ2v) is 7.65. The molecule has 2 atom stereocenters. The van der Waals surface area contributed by atoms with E-state index in [9.17, 15) is 9.59 Å². The van der Waals surface area contributed by atoms with Gasteiger partial charge in [0.2, 0.25) is 11.8 Å². The summed E-state index contributed by atoms with van der Waals surface area (Å²) >= 11 is 0. The van der Waals surface area contributed by atoms with Gasteiger partial charge in [-0.3, -0.25) is 9.59 Å². The van der Waals surface area contributed by atoms with E-state index in [4.69, 9.17) is 0 Å². The molecule has 2 fully saturated rings. The molecule has 0 aromatic rings. The van der Waals surface area contributed by atoms with E-state index in [0.29, 0.717) is 30.8 Å². The van der Waals surface area contributed by atoms with E-state index in [-0.39, 0.29) is 17.7 Å². The van der Waals surface area contributed by atoms with Crippen LogP contribution in [0.1, 0.15) is 53.4 Å². The SMILES string of the molecule is CCN1C[C@H](C(=O)N2CCC[C@@H](C(C)(C)C)CC2)CC1=O. The Morgan fingerprint density at radius 2 is 1.95 bits per heavy atom. The van der Waals surface area contributed by atoms with Gasteiger partial charge in [-0.05, 0) is 37.5 Å². The summed E-state index contributed by atoms with van der Waals surface area (Å²) in [7, 11) is 0. The molecule has 0 spiro atoms. The lowest BCUT2D eigenvalue weighted by Gasteiger charge is -2.30. The molecule has 21 heavy (non-hydrogen) atoms. The minimum absolute atomic E-state index is 0.108. The van der Waals surface area contributed by atoms with Gasteiger partial charge in [-0.2, -0.15) is 0 Å². The molecule has 2 heterocycles. The van der Waals surface area contributed by atoms with E-state index in [1.54, 1.807) is 4.90 Å². The topological polar surface area (TPSA) is 40.6 Å². The second kappa shape index (κ2) is 6.37. The first-order valence-electron chi connectivity index (χ1n) is 8.39. The maximum atomic E-state index is 12.7. The average Bonchev–Trinajstić information content (AvgIpc) is 2.63. The van der Waals surface area contributed by atoms with Crippen molar-refractivity contribution in [3.8, 4) is 0 Å². The van der Waals surface area contributed by atoms with Crippen LogP contribution in [0.15, 0.2) is 0 Å². The summed E-state index contributed by atoms with van der Waals surface area (Å²) in [4.78, 5) is 28.3. The largest absolute Gasteiger partial charge is 0.342 e. The fourth-order valence-electron chi connectivity index (χ4n) is 3.68. The summed E-state index contributed by atoms with van der Waals surface area (Å²) in [5, 5.41) is 0. The Morgan fingerprint density at radius 3 is 2.52 bits per heavy atom. The van der Waals surface area contributed by atoms with Gasteiger partial charge >= 0.3 is 0 Å². The smallest absolute Gasteiger partial charge is 0.227 e. The molecular weight excluding hydrogens is 264 g/mol. The van der Waals surface area contributed by atoms with Gasteiger partial charge in [-0.1, -0.05) is 20.8 Å². The third kappa shape index (κ3) is 3.78. The first-order valence-corrected chi connectivity index (χ1v) is 8.39. The molecule has 0 aliphatic carbocycles. The first kappa shape index (κ1) is 16.3. The standard InChI is InChI=1S/C17H30N2O2/c1-5-18-12-13(11-15(18)20)16(21)19-9-6-7-14(8-10-19)17(2,3)4/h13-14H,5-12H2,1-4H3/t13-,14-/m1/s1. The predicted molar refractivity (Wildman–Crippen MR) is 83.7 cm³/mol. The normalized spacial score (nSPS) is 27.9. The number of nitrogens with zero attached hydrogens (tertiary/aromatic N) is 2. The highest BCUT2D eigenvalue weighted by Crippen LogP contribution is 2.34. The number of likely N-dealkylation sites (tertiary alicyclic amines) is 2. The highest BCUT2D eigenvalue weighted by atomic mass is 16.2. The van der Waals surface area contributed by atoms with Crippen LogP contribution in [0, 0.1) is 17.3 Å². The first-order chi connectivity index (χ1) is 9.82. The van der Waals surface area contributed by atoms with Crippen molar-refractivity contribution in [3.63, 3.8) is 0 Å². The lowest BCUT2D eigenvalue weighted by atomic mass is 9.77. The number of carbonyl (C=O) groups excluding carboxylic acids is 2. The Labute approximate surface area is 128 Å². The van der Waals surface area contributed by atoms with Gasteiger partial charge in [0.25, 0.3) is 0 Å². The van der Waals surface area contributed by atoms with Gasteiger partial charge in [0, 0.05) is 32.6 Å². The zero-order chi connectivity index (χ0) is 15.6. The van der Waals surface area contributed by atoms with E-state index in [0.717, 1.165) is 25.9 Å². The van der Waals surface area contributed by atoms with Crippen LogP contribution < -0.4 is 0 Å². The third-order valence-corrected chi connectivity index (χ3v) is 5.21. The van der Waals surface area contributed by atoms with E-state index < -0.39 is 0 Å². The molecule has 0 aromatic carbocycles. The summed E-state index contributed by atoms with van der Waals surface area (Å²) in [6, 6.07) is 0. The third-order valence-electron chi connectivity index (χ3n) is 5.21. The summed E-state index contributed by atoms with van der Waals surface area (Å²) < 4.78 is 0. The molecular formula is C17H30N2O2. The number of hydrogen-bond donors (Lipinski definition) is 0. The van der Waals surface area contributed by atoms with Crippen molar-refractivity contribution in [2.75, 3.05) is 26.2 Å². The van der Waals surface area contributed by atoms with E-state index in [1.165, 1.54) is 6.42 Å². The molecule has 2 aliphatic heterocycles. The zero-order valence-corrected chi connectivity index (χ0v) is 14.0. The predicted octanol–water partition coefficient (Wildman–Crippen LogP) is 2.53. The van der Waals surface area contributed by atoms with E-state index >= 15 is 0 Å². The fraction of sp³-hybridized carbons (Fsp3) is 0.882. The minimum Gasteiger partial charge on any atom is -0.342 e. The van der Waals surface area contributed by atoms with Crippen LogP contribution in [0.3, 0.4) is 0 Å². The number of rotatable bonds is 2. The zero-order valence-electron chi connectivity index (χ0n) is 14.0. The minimum atomic E-state index is -0.108. The van der Waals surface area contributed by atoms with Crippen molar-refractivity contribution in [1.82, 2.24) is 9.80 Å². The van der Waals surface area contributed by atoms with Crippen LogP contribution in [-0.2, 0) is 9.59 Å². The molecule has 0 aromatic heterocycles. The van der Waals surface area contributed by atoms with E-state index in [1.807, 2.05) is 11.8 Å². The molecule has 120 valence electrons. The van der Waals surface area contributed by atoms with Gasteiger partial charge in [-0.15, -0.1) is 0 Å². The average molecular weight is 294 g/mol. The van der Waals surface area contributed by atoms with Crippen molar-refractivity contribution < 1.29 is 9.59 Å². The molecule has 0 bridgehead atoms. The van der Waals surface area contributed by atoms with E-state index in [2.05, 4.69) is 20.8 Å². The molecule has 4 heteroatoms. The molecule has 2 aliphatic rings. The molecule has 2 amide bonds. The van der Waals surface area contributed by atoms with Gasteiger partial charge in [0.05, 0.1) is 5.92 Å². The van der Waals surface area contributed by atoms with Gasteiger partial charge in [0.1, 0.15) is 0 Å². The summed E-state index contributed by atoms with van der Waals surface area (Å²) in [6.07, 6.45) is 3.79. The Balaban J connectivity index is 1.94. The van der Waals surface area contributed by atoms with Crippen molar-refractivity contribution in [2.24, 2.45) is 17.3 Å². The summed E-state index contributed by atoms with van der Waals surface area (Å²) in [5.74, 6) is 0.920. The van der Waals surface area contributed by atoms with Crippen molar-refractivity contribution in [2.45, 2.75) is 53.4 Å². The molecule has 4 nitrogen and oxygen atoms in total. The Bertz CT molecular complexity index is 400. The Hall–Kier alpha value is -1.06. The summed E-state index contributed by atoms with van der Waals surface area (Å²) in [6.45, 7) is 11.9. The molecule has 0 saturated carbocycles. The fourth-order valence-corrected chi connectivity index (χ4v) is 3.68. The van der Waals surface area contributed by atoms with Gasteiger partial charge < -0.3 is 9.80 Å². The van der Waals surface area contributed by atoms with Crippen LogP contribution in [0.2, 0.25) is 0 Å². The lowest BCUT2D eigenvalue weighted by Crippen LogP contribution is -2.38. The Morgan fingerprint density at radius 1 is 1.24 bits per heavy atom. The van der Waals surface area contributed by atoms with Gasteiger partial charge in [-0.25, -0.2) is 0 Å². The van der Waals surface area contributed by atoms with Crippen LogP contribution in [0.5, 0.6) is 0 Å². The molecule has 2 rings (SSSR count). The molecule has 0 unspecified atom stereocenters. The highest BCUT2D eigenvalue weighted by molar-refractivity contribution is 5.89. The Kier molecular flexibility index (Phi) is 4.95. The number of hydrogen-bond acceptors (Lipinski definition) is 2. The van der Waals surface area contributed by atoms with Gasteiger partial charge in [0.15, 0.2) is 0 Å². The quantitative estimate of drug-likeness (QED) is 0.785.